The Balaban J connectivity index is 1.55. The smallest absolute Gasteiger partial charge is 0.251 e. The van der Waals surface area contributed by atoms with Crippen molar-refractivity contribution in [3.63, 3.8) is 0 Å². The molecule has 0 radical (unpaired) electrons. The van der Waals surface area contributed by atoms with Gasteiger partial charge in [-0.15, -0.1) is 0 Å². The number of anilines is 1. The van der Waals surface area contributed by atoms with Gasteiger partial charge in [-0.2, -0.15) is 0 Å². The minimum Gasteiger partial charge on any atom is -0.486 e. The average molecular weight is 381 g/mol. The first-order valence-corrected chi connectivity index (χ1v) is 8.21. The van der Waals surface area contributed by atoms with Gasteiger partial charge in [-0.1, -0.05) is 23.2 Å². The highest BCUT2D eigenvalue weighted by Crippen LogP contribution is 2.32. The van der Waals surface area contributed by atoms with Gasteiger partial charge < -0.3 is 20.1 Å². The number of carbonyl (C=O) groups is 2. The molecule has 1 aliphatic heterocycles. The van der Waals surface area contributed by atoms with Gasteiger partial charge >= 0.3 is 0 Å². The van der Waals surface area contributed by atoms with Crippen LogP contribution in [-0.4, -0.2) is 31.6 Å². The molecule has 0 atom stereocenters. The third-order valence-electron chi connectivity index (χ3n) is 3.42. The Morgan fingerprint density at radius 1 is 0.960 bits per heavy atom. The van der Waals surface area contributed by atoms with Crippen molar-refractivity contribution in [2.24, 2.45) is 0 Å². The SMILES string of the molecule is O=C(CNC(=O)c1ccc(Cl)c(Cl)c1)Nc1ccc2c(c1)OCCO2. The molecule has 0 unspecified atom stereocenters. The molecule has 8 heteroatoms. The predicted molar refractivity (Wildman–Crippen MR) is 94.9 cm³/mol. The van der Waals surface area contributed by atoms with E-state index in [0.29, 0.717) is 41.0 Å². The summed E-state index contributed by atoms with van der Waals surface area (Å²) in [5.74, 6) is 0.419. The Morgan fingerprint density at radius 2 is 1.72 bits per heavy atom. The fraction of sp³-hybridized carbons (Fsp3) is 0.176. The Bertz CT molecular complexity index is 826. The molecule has 0 saturated heterocycles. The molecule has 2 aromatic rings. The molecule has 130 valence electrons. The summed E-state index contributed by atoms with van der Waals surface area (Å²) in [5.41, 5.74) is 0.875. The summed E-state index contributed by atoms with van der Waals surface area (Å²) in [5, 5.41) is 5.83. The summed E-state index contributed by atoms with van der Waals surface area (Å²) in [6.45, 7) is 0.775. The highest BCUT2D eigenvalue weighted by Gasteiger charge is 2.14. The van der Waals surface area contributed by atoms with Crippen molar-refractivity contribution in [1.82, 2.24) is 5.32 Å². The van der Waals surface area contributed by atoms with Crippen LogP contribution in [0.15, 0.2) is 36.4 Å². The van der Waals surface area contributed by atoms with Crippen molar-refractivity contribution in [3.05, 3.63) is 52.0 Å². The maximum atomic E-state index is 12.0. The molecule has 2 amide bonds. The highest BCUT2D eigenvalue weighted by molar-refractivity contribution is 6.42. The van der Waals surface area contributed by atoms with Crippen LogP contribution < -0.4 is 20.1 Å². The van der Waals surface area contributed by atoms with E-state index in [1.54, 1.807) is 18.2 Å². The topological polar surface area (TPSA) is 76.7 Å². The first-order chi connectivity index (χ1) is 12.0. The van der Waals surface area contributed by atoms with Gasteiger partial charge in [0.2, 0.25) is 5.91 Å². The molecule has 1 aliphatic rings. The Kier molecular flexibility index (Phi) is 5.31. The second-order valence-corrected chi connectivity index (χ2v) is 6.03. The van der Waals surface area contributed by atoms with Crippen LogP contribution in [-0.2, 0) is 4.79 Å². The van der Waals surface area contributed by atoms with Gasteiger partial charge in [0.05, 0.1) is 16.6 Å². The van der Waals surface area contributed by atoms with E-state index in [9.17, 15) is 9.59 Å². The number of benzene rings is 2. The highest BCUT2D eigenvalue weighted by atomic mass is 35.5. The van der Waals surface area contributed by atoms with Crippen LogP contribution in [0.2, 0.25) is 10.0 Å². The summed E-state index contributed by atoms with van der Waals surface area (Å²) in [4.78, 5) is 24.0. The van der Waals surface area contributed by atoms with E-state index in [1.165, 1.54) is 18.2 Å². The molecule has 25 heavy (non-hydrogen) atoms. The Labute approximate surface area is 154 Å². The lowest BCUT2D eigenvalue weighted by atomic mass is 10.2. The van der Waals surface area contributed by atoms with E-state index in [0.717, 1.165) is 0 Å². The van der Waals surface area contributed by atoms with E-state index < -0.39 is 5.91 Å². The number of hydrogen-bond acceptors (Lipinski definition) is 4. The number of nitrogens with one attached hydrogen (secondary N) is 2. The van der Waals surface area contributed by atoms with Crippen molar-refractivity contribution in [2.75, 3.05) is 25.1 Å². The number of halogens is 2. The zero-order chi connectivity index (χ0) is 17.8. The van der Waals surface area contributed by atoms with E-state index >= 15 is 0 Å². The van der Waals surface area contributed by atoms with Crippen LogP contribution in [0.3, 0.4) is 0 Å². The fourth-order valence-electron chi connectivity index (χ4n) is 2.23. The monoisotopic (exact) mass is 380 g/mol. The summed E-state index contributed by atoms with van der Waals surface area (Å²) < 4.78 is 10.9. The number of hydrogen-bond donors (Lipinski definition) is 2. The van der Waals surface area contributed by atoms with Crippen LogP contribution in [0.25, 0.3) is 0 Å². The van der Waals surface area contributed by atoms with Gasteiger partial charge in [0, 0.05) is 17.3 Å². The largest absolute Gasteiger partial charge is 0.486 e. The van der Waals surface area contributed by atoms with E-state index in [4.69, 9.17) is 32.7 Å². The Hall–Kier alpha value is -2.44. The number of fused-ring (bicyclic) bond motifs is 1. The zero-order valence-corrected chi connectivity index (χ0v) is 14.5. The third-order valence-corrected chi connectivity index (χ3v) is 4.16. The molecule has 1 heterocycles. The van der Waals surface area contributed by atoms with E-state index in [1.807, 2.05) is 0 Å². The van der Waals surface area contributed by atoms with Gasteiger partial charge in [0.25, 0.3) is 5.91 Å². The van der Waals surface area contributed by atoms with Gasteiger partial charge in [-0.25, -0.2) is 0 Å². The first-order valence-electron chi connectivity index (χ1n) is 7.45. The summed E-state index contributed by atoms with van der Waals surface area (Å²) >= 11 is 11.7. The molecule has 2 N–H and O–H groups in total. The molecule has 0 aromatic heterocycles. The number of ether oxygens (including phenoxy) is 2. The molecular formula is C17H14Cl2N2O4. The lowest BCUT2D eigenvalue weighted by Gasteiger charge is -2.19. The van der Waals surface area contributed by atoms with Crippen LogP contribution in [0, 0.1) is 0 Å². The molecule has 2 aromatic carbocycles. The second-order valence-electron chi connectivity index (χ2n) is 5.22. The molecule has 0 bridgehead atoms. The van der Waals surface area contributed by atoms with Crippen molar-refractivity contribution >= 4 is 40.7 Å². The van der Waals surface area contributed by atoms with Crippen LogP contribution in [0.1, 0.15) is 10.4 Å². The van der Waals surface area contributed by atoms with Crippen molar-refractivity contribution in [1.29, 1.82) is 0 Å². The van der Waals surface area contributed by atoms with Crippen molar-refractivity contribution in [2.45, 2.75) is 0 Å². The predicted octanol–water partition coefficient (Wildman–Crippen LogP) is 3.13. The van der Waals surface area contributed by atoms with Gasteiger partial charge in [0.15, 0.2) is 11.5 Å². The molecule has 0 spiro atoms. The lowest BCUT2D eigenvalue weighted by molar-refractivity contribution is -0.115. The van der Waals surface area contributed by atoms with Crippen LogP contribution in [0.4, 0.5) is 5.69 Å². The van der Waals surface area contributed by atoms with Gasteiger partial charge in [-0.05, 0) is 30.3 Å². The van der Waals surface area contributed by atoms with Gasteiger partial charge in [0.1, 0.15) is 13.2 Å². The van der Waals surface area contributed by atoms with E-state index in [2.05, 4.69) is 10.6 Å². The molecule has 0 fully saturated rings. The first kappa shape index (κ1) is 17.4. The summed E-state index contributed by atoms with van der Waals surface area (Å²) in [6, 6.07) is 9.59. The average Bonchev–Trinajstić information content (AvgIpc) is 2.62. The second kappa shape index (κ2) is 7.63. The molecular weight excluding hydrogens is 367 g/mol. The molecule has 0 aliphatic carbocycles. The lowest BCUT2D eigenvalue weighted by Crippen LogP contribution is -2.32. The molecule has 0 saturated carbocycles. The number of amides is 2. The Morgan fingerprint density at radius 3 is 2.48 bits per heavy atom. The van der Waals surface area contributed by atoms with E-state index in [-0.39, 0.29) is 17.5 Å². The minimum absolute atomic E-state index is 0.187. The number of rotatable bonds is 4. The molecule has 3 rings (SSSR count). The maximum absolute atomic E-state index is 12.0. The van der Waals surface area contributed by atoms with Crippen molar-refractivity contribution < 1.29 is 19.1 Å². The quantitative estimate of drug-likeness (QED) is 0.853. The normalized spacial score (nSPS) is 12.4. The zero-order valence-electron chi connectivity index (χ0n) is 13.0. The molecule has 6 nitrogen and oxygen atoms in total. The van der Waals surface area contributed by atoms with Crippen LogP contribution in [0.5, 0.6) is 11.5 Å². The van der Waals surface area contributed by atoms with Crippen LogP contribution >= 0.6 is 23.2 Å². The summed E-state index contributed by atoms with van der Waals surface area (Å²) in [6.07, 6.45) is 0. The standard InChI is InChI=1S/C17H14Cl2N2O4/c18-12-3-1-10(7-13(12)19)17(23)20-9-16(22)21-11-2-4-14-15(8-11)25-6-5-24-14/h1-4,7-8H,5-6,9H2,(H,20,23)(H,21,22). The maximum Gasteiger partial charge on any atom is 0.251 e. The minimum atomic E-state index is -0.420. The number of carbonyl (C=O) groups excluding carboxylic acids is 2. The third kappa shape index (κ3) is 4.35. The summed E-state index contributed by atoms with van der Waals surface area (Å²) in [7, 11) is 0. The van der Waals surface area contributed by atoms with Crippen molar-refractivity contribution in [3.8, 4) is 11.5 Å². The van der Waals surface area contributed by atoms with Gasteiger partial charge in [-0.3, -0.25) is 9.59 Å². The fourth-order valence-corrected chi connectivity index (χ4v) is 2.52.